The van der Waals surface area contributed by atoms with Crippen molar-refractivity contribution in [1.29, 1.82) is 0 Å². The number of benzene rings is 3. The second-order valence-electron chi connectivity index (χ2n) is 7.00. The smallest absolute Gasteiger partial charge is 0.335 e. The van der Waals surface area contributed by atoms with Gasteiger partial charge in [-0.1, -0.05) is 48.5 Å². The van der Waals surface area contributed by atoms with Gasteiger partial charge in [0.1, 0.15) is 5.82 Å². The standard InChI is InChI=1S/C24H21FN2O2/c25-22-7-3-1-5-19(22)15-27-16-20(21-6-2-4-8-23(21)27)14-26-13-17-9-11-18(12-10-17)24(28)29/h1-12,16,26H,13-15H2,(H,28,29). The van der Waals surface area contributed by atoms with E-state index in [2.05, 4.69) is 22.1 Å². The summed E-state index contributed by atoms with van der Waals surface area (Å²) in [6.45, 7) is 1.77. The Morgan fingerprint density at radius 2 is 1.62 bits per heavy atom. The Kier molecular flexibility index (Phi) is 5.40. The number of carboxylic acid groups (broad SMARTS) is 1. The number of fused-ring (bicyclic) bond motifs is 1. The number of para-hydroxylation sites is 1. The third kappa shape index (κ3) is 4.20. The first-order valence-electron chi connectivity index (χ1n) is 9.45. The summed E-state index contributed by atoms with van der Waals surface area (Å²) in [7, 11) is 0. The summed E-state index contributed by atoms with van der Waals surface area (Å²) in [6, 6.07) is 21.8. The van der Waals surface area contributed by atoms with Crippen molar-refractivity contribution in [2.75, 3.05) is 0 Å². The third-order valence-electron chi connectivity index (χ3n) is 5.02. The van der Waals surface area contributed by atoms with E-state index in [1.807, 2.05) is 42.5 Å². The minimum atomic E-state index is -0.924. The van der Waals surface area contributed by atoms with Gasteiger partial charge in [-0.3, -0.25) is 0 Å². The maximum Gasteiger partial charge on any atom is 0.335 e. The van der Waals surface area contributed by atoms with Gasteiger partial charge in [0.15, 0.2) is 0 Å². The largest absolute Gasteiger partial charge is 0.478 e. The van der Waals surface area contributed by atoms with Gasteiger partial charge in [-0.15, -0.1) is 0 Å². The van der Waals surface area contributed by atoms with Crippen molar-refractivity contribution in [2.45, 2.75) is 19.6 Å². The fourth-order valence-electron chi connectivity index (χ4n) is 3.51. The number of carboxylic acids is 1. The quantitative estimate of drug-likeness (QED) is 0.477. The topological polar surface area (TPSA) is 54.3 Å². The molecule has 4 aromatic rings. The van der Waals surface area contributed by atoms with Crippen molar-refractivity contribution >= 4 is 16.9 Å². The lowest BCUT2D eigenvalue weighted by atomic mass is 10.1. The number of nitrogens with zero attached hydrogens (tertiary/aromatic N) is 1. The molecule has 0 bridgehead atoms. The number of hydrogen-bond donors (Lipinski definition) is 2. The second-order valence-corrected chi connectivity index (χ2v) is 7.00. The minimum Gasteiger partial charge on any atom is -0.478 e. The van der Waals surface area contributed by atoms with Crippen molar-refractivity contribution in [2.24, 2.45) is 0 Å². The van der Waals surface area contributed by atoms with Crippen molar-refractivity contribution in [3.8, 4) is 0 Å². The highest BCUT2D eigenvalue weighted by Gasteiger charge is 2.10. The van der Waals surface area contributed by atoms with Crippen LogP contribution < -0.4 is 5.32 Å². The summed E-state index contributed by atoms with van der Waals surface area (Å²) in [5.74, 6) is -1.12. The average molecular weight is 388 g/mol. The summed E-state index contributed by atoms with van der Waals surface area (Å²) in [5, 5.41) is 13.5. The van der Waals surface area contributed by atoms with Crippen LogP contribution in [0.25, 0.3) is 10.9 Å². The zero-order valence-corrected chi connectivity index (χ0v) is 15.8. The fourth-order valence-corrected chi connectivity index (χ4v) is 3.51. The molecule has 2 N–H and O–H groups in total. The number of rotatable bonds is 7. The van der Waals surface area contributed by atoms with Gasteiger partial charge in [0.2, 0.25) is 0 Å². The average Bonchev–Trinajstić information content (AvgIpc) is 3.08. The Hall–Kier alpha value is -3.44. The minimum absolute atomic E-state index is 0.199. The molecular weight excluding hydrogens is 367 g/mol. The summed E-state index contributed by atoms with van der Waals surface area (Å²) < 4.78 is 16.2. The Morgan fingerprint density at radius 1 is 0.897 bits per heavy atom. The first-order valence-corrected chi connectivity index (χ1v) is 9.45. The fraction of sp³-hybridized carbons (Fsp3) is 0.125. The van der Waals surface area contributed by atoms with E-state index in [1.165, 1.54) is 6.07 Å². The van der Waals surface area contributed by atoms with Crippen LogP contribution in [0.2, 0.25) is 0 Å². The van der Waals surface area contributed by atoms with Crippen LogP contribution in [0.4, 0.5) is 4.39 Å². The van der Waals surface area contributed by atoms with Crippen LogP contribution in [-0.4, -0.2) is 15.6 Å². The maximum atomic E-state index is 14.1. The van der Waals surface area contributed by atoms with Crippen LogP contribution in [0.3, 0.4) is 0 Å². The van der Waals surface area contributed by atoms with E-state index >= 15 is 0 Å². The zero-order valence-electron chi connectivity index (χ0n) is 15.8. The lowest BCUT2D eigenvalue weighted by molar-refractivity contribution is 0.0697. The Morgan fingerprint density at radius 3 is 2.38 bits per heavy atom. The molecule has 146 valence electrons. The SMILES string of the molecule is O=C(O)c1ccc(CNCc2cn(Cc3ccccc3F)c3ccccc23)cc1. The van der Waals surface area contributed by atoms with E-state index in [-0.39, 0.29) is 11.4 Å². The molecule has 4 nitrogen and oxygen atoms in total. The molecule has 0 saturated heterocycles. The summed E-state index contributed by atoms with van der Waals surface area (Å²) in [5.41, 5.74) is 4.17. The van der Waals surface area contributed by atoms with E-state index < -0.39 is 5.97 Å². The van der Waals surface area contributed by atoms with Crippen LogP contribution in [0.5, 0.6) is 0 Å². The second kappa shape index (κ2) is 8.29. The van der Waals surface area contributed by atoms with E-state index in [4.69, 9.17) is 5.11 Å². The van der Waals surface area contributed by atoms with Gasteiger partial charge in [-0.25, -0.2) is 9.18 Å². The van der Waals surface area contributed by atoms with Gasteiger partial charge in [0, 0.05) is 35.8 Å². The van der Waals surface area contributed by atoms with Gasteiger partial charge in [0.05, 0.1) is 12.1 Å². The van der Waals surface area contributed by atoms with Crippen LogP contribution in [0.1, 0.15) is 27.0 Å². The molecule has 1 aromatic heterocycles. The third-order valence-corrected chi connectivity index (χ3v) is 5.02. The monoisotopic (exact) mass is 388 g/mol. The van der Waals surface area contributed by atoms with Gasteiger partial charge >= 0.3 is 5.97 Å². The number of nitrogens with one attached hydrogen (secondary N) is 1. The highest BCUT2D eigenvalue weighted by Crippen LogP contribution is 2.23. The summed E-state index contributed by atoms with van der Waals surface area (Å²) in [4.78, 5) is 10.9. The van der Waals surface area contributed by atoms with Crippen molar-refractivity contribution in [3.63, 3.8) is 0 Å². The first kappa shape index (κ1) is 18.9. The van der Waals surface area contributed by atoms with E-state index in [0.29, 0.717) is 25.2 Å². The van der Waals surface area contributed by atoms with E-state index in [9.17, 15) is 9.18 Å². The summed E-state index contributed by atoms with van der Waals surface area (Å²) in [6.07, 6.45) is 2.07. The van der Waals surface area contributed by atoms with Crippen LogP contribution in [0.15, 0.2) is 79.0 Å². The highest BCUT2D eigenvalue weighted by atomic mass is 19.1. The van der Waals surface area contributed by atoms with E-state index in [1.54, 1.807) is 18.2 Å². The first-order chi connectivity index (χ1) is 14.1. The van der Waals surface area contributed by atoms with Crippen LogP contribution in [0, 0.1) is 5.82 Å². The Bertz CT molecular complexity index is 1150. The molecule has 3 aromatic carbocycles. The Balaban J connectivity index is 1.50. The molecule has 4 rings (SSSR count). The normalized spacial score (nSPS) is 11.1. The van der Waals surface area contributed by atoms with Crippen LogP contribution in [-0.2, 0) is 19.6 Å². The molecule has 1 heterocycles. The lowest BCUT2D eigenvalue weighted by Gasteiger charge is -2.06. The molecule has 0 amide bonds. The summed E-state index contributed by atoms with van der Waals surface area (Å²) >= 11 is 0. The number of halogens is 1. The molecule has 0 radical (unpaired) electrons. The molecule has 0 aliphatic heterocycles. The molecule has 0 aliphatic carbocycles. The molecule has 0 fully saturated rings. The molecule has 29 heavy (non-hydrogen) atoms. The van der Waals surface area contributed by atoms with Crippen molar-refractivity contribution < 1.29 is 14.3 Å². The predicted molar refractivity (Wildman–Crippen MR) is 111 cm³/mol. The van der Waals surface area contributed by atoms with Gasteiger partial charge in [-0.2, -0.15) is 0 Å². The number of carbonyl (C=O) groups is 1. The molecular formula is C24H21FN2O2. The van der Waals surface area contributed by atoms with E-state index in [0.717, 1.165) is 22.0 Å². The Labute approximate surface area is 168 Å². The van der Waals surface area contributed by atoms with Gasteiger partial charge in [-0.05, 0) is 35.4 Å². The van der Waals surface area contributed by atoms with Crippen molar-refractivity contribution in [1.82, 2.24) is 9.88 Å². The number of hydrogen-bond acceptors (Lipinski definition) is 2. The van der Waals surface area contributed by atoms with Crippen molar-refractivity contribution in [3.05, 3.63) is 107 Å². The maximum absolute atomic E-state index is 14.1. The molecule has 0 saturated carbocycles. The molecule has 0 spiro atoms. The highest BCUT2D eigenvalue weighted by molar-refractivity contribution is 5.87. The van der Waals surface area contributed by atoms with Crippen LogP contribution >= 0.6 is 0 Å². The lowest BCUT2D eigenvalue weighted by Crippen LogP contribution is -2.12. The predicted octanol–water partition coefficient (Wildman–Crippen LogP) is 4.82. The number of aromatic nitrogens is 1. The molecule has 0 aliphatic rings. The van der Waals surface area contributed by atoms with Gasteiger partial charge in [0.25, 0.3) is 0 Å². The molecule has 5 heteroatoms. The molecule has 0 atom stereocenters. The number of aromatic carboxylic acids is 1. The zero-order chi connectivity index (χ0) is 20.2. The molecule has 0 unspecified atom stereocenters. The van der Waals surface area contributed by atoms with Gasteiger partial charge < -0.3 is 15.0 Å².